The quantitative estimate of drug-likeness (QED) is 0.579. The Hall–Kier alpha value is -3.31. The highest BCUT2D eigenvalue weighted by molar-refractivity contribution is 6.31. The number of aromatic nitrogens is 1. The minimum absolute atomic E-state index is 0.216. The van der Waals surface area contributed by atoms with Gasteiger partial charge in [-0.2, -0.15) is 0 Å². The molecule has 1 unspecified atom stereocenters. The predicted molar refractivity (Wildman–Crippen MR) is 112 cm³/mol. The van der Waals surface area contributed by atoms with E-state index >= 15 is 0 Å². The van der Waals surface area contributed by atoms with Crippen molar-refractivity contribution >= 4 is 29.5 Å². The molecule has 0 saturated carbocycles. The van der Waals surface area contributed by atoms with Gasteiger partial charge in [0.15, 0.2) is 11.6 Å². The maximum absolute atomic E-state index is 11.0. The van der Waals surface area contributed by atoms with Gasteiger partial charge in [0.25, 0.3) is 0 Å². The number of hydrogen-bond donors (Lipinski definition) is 2. The van der Waals surface area contributed by atoms with Crippen molar-refractivity contribution in [3.8, 4) is 16.9 Å². The van der Waals surface area contributed by atoms with Crippen LogP contribution in [-0.2, 0) is 0 Å². The van der Waals surface area contributed by atoms with Crippen LogP contribution in [-0.4, -0.2) is 16.1 Å². The second kappa shape index (κ2) is 8.15. The first-order chi connectivity index (χ1) is 13.4. The molecular weight excluding hydrogens is 376 g/mol. The number of carbonyl (C=O) groups is 1. The fourth-order valence-corrected chi connectivity index (χ4v) is 3.26. The van der Waals surface area contributed by atoms with Crippen LogP contribution in [0.25, 0.3) is 17.2 Å². The lowest BCUT2D eigenvalue weighted by atomic mass is 10.0. The number of hydrogen-bond acceptors (Lipinski definition) is 4. The summed E-state index contributed by atoms with van der Waals surface area (Å²) in [7, 11) is 0. The highest BCUT2D eigenvalue weighted by Gasteiger charge is 2.17. The Morgan fingerprint density at radius 2 is 1.96 bits per heavy atom. The van der Waals surface area contributed by atoms with Crippen molar-refractivity contribution in [1.29, 1.82) is 0 Å². The number of pyridine rings is 1. The highest BCUT2D eigenvalue weighted by Crippen LogP contribution is 2.34. The molecule has 2 aromatic carbocycles. The van der Waals surface area contributed by atoms with Gasteiger partial charge < -0.3 is 15.6 Å². The lowest BCUT2D eigenvalue weighted by Gasteiger charge is -2.20. The summed E-state index contributed by atoms with van der Waals surface area (Å²) in [4.78, 5) is 15.2. The van der Waals surface area contributed by atoms with Gasteiger partial charge in [-0.3, -0.25) is 0 Å². The summed E-state index contributed by atoms with van der Waals surface area (Å²) in [6.07, 6.45) is 2.96. The zero-order chi connectivity index (χ0) is 20.3. The van der Waals surface area contributed by atoms with Gasteiger partial charge in [-0.1, -0.05) is 48.5 Å². The molecule has 28 heavy (non-hydrogen) atoms. The lowest BCUT2D eigenvalue weighted by Crippen LogP contribution is -2.08. The standard InChI is InChI=1S/C22H19ClN2O3/c1-3-14-5-4-6-18(23)20(14)13(2)28-19-11-17(12-25-21(19)24)15-7-9-16(10-8-15)22(26)27/h3-13H,1H2,2H3,(H2,24,25)(H,26,27). The first-order valence-corrected chi connectivity index (χ1v) is 8.95. The smallest absolute Gasteiger partial charge is 0.335 e. The van der Waals surface area contributed by atoms with E-state index in [1.807, 2.05) is 19.1 Å². The summed E-state index contributed by atoms with van der Waals surface area (Å²) in [5, 5.41) is 9.61. The summed E-state index contributed by atoms with van der Waals surface area (Å²) in [6, 6.07) is 13.9. The summed E-state index contributed by atoms with van der Waals surface area (Å²) < 4.78 is 6.06. The Morgan fingerprint density at radius 3 is 2.61 bits per heavy atom. The SMILES string of the molecule is C=Cc1cccc(Cl)c1C(C)Oc1cc(-c2ccc(C(=O)O)cc2)cnc1N. The average Bonchev–Trinajstić information content (AvgIpc) is 2.69. The van der Waals surface area contributed by atoms with E-state index in [0.29, 0.717) is 10.8 Å². The molecule has 1 heterocycles. The van der Waals surface area contributed by atoms with Crippen LogP contribution in [0.3, 0.4) is 0 Å². The largest absolute Gasteiger partial charge is 0.482 e. The van der Waals surface area contributed by atoms with Crippen LogP contribution in [0, 0.1) is 0 Å². The number of carboxylic acid groups (broad SMARTS) is 1. The van der Waals surface area contributed by atoms with E-state index in [1.54, 1.807) is 36.5 Å². The van der Waals surface area contributed by atoms with Crippen LogP contribution in [0.1, 0.15) is 34.5 Å². The van der Waals surface area contributed by atoms with Crippen molar-refractivity contribution in [2.75, 3.05) is 5.73 Å². The minimum Gasteiger partial charge on any atom is -0.482 e. The van der Waals surface area contributed by atoms with Crippen LogP contribution in [0.15, 0.2) is 61.3 Å². The average molecular weight is 395 g/mol. The summed E-state index contributed by atoms with van der Waals surface area (Å²) in [6.45, 7) is 5.70. The Kier molecular flexibility index (Phi) is 5.66. The molecule has 3 N–H and O–H groups in total. The topological polar surface area (TPSA) is 85.4 Å². The highest BCUT2D eigenvalue weighted by atomic mass is 35.5. The van der Waals surface area contributed by atoms with Crippen LogP contribution < -0.4 is 10.5 Å². The van der Waals surface area contributed by atoms with E-state index in [-0.39, 0.29) is 17.5 Å². The molecular formula is C22H19ClN2O3. The summed E-state index contributed by atoms with van der Waals surface area (Å²) in [5.41, 5.74) is 9.48. The Bertz CT molecular complexity index is 1030. The van der Waals surface area contributed by atoms with Gasteiger partial charge in [0, 0.05) is 22.3 Å². The number of aromatic carboxylic acids is 1. The van der Waals surface area contributed by atoms with Crippen molar-refractivity contribution in [3.63, 3.8) is 0 Å². The molecule has 6 heteroatoms. The van der Waals surface area contributed by atoms with Crippen LogP contribution in [0.4, 0.5) is 5.82 Å². The van der Waals surface area contributed by atoms with Crippen molar-refractivity contribution in [1.82, 2.24) is 4.98 Å². The van der Waals surface area contributed by atoms with Crippen LogP contribution in [0.2, 0.25) is 5.02 Å². The molecule has 142 valence electrons. The molecule has 0 spiro atoms. The number of benzene rings is 2. The maximum Gasteiger partial charge on any atom is 0.335 e. The first-order valence-electron chi connectivity index (χ1n) is 8.57. The Labute approximate surface area is 168 Å². The van der Waals surface area contributed by atoms with Gasteiger partial charge >= 0.3 is 5.97 Å². The predicted octanol–water partition coefficient (Wildman–Crippen LogP) is 5.47. The maximum atomic E-state index is 11.0. The van der Waals surface area contributed by atoms with E-state index in [4.69, 9.17) is 27.2 Å². The molecule has 0 saturated heterocycles. The van der Waals surface area contributed by atoms with E-state index in [2.05, 4.69) is 11.6 Å². The minimum atomic E-state index is -0.974. The molecule has 3 aromatic rings. The molecule has 5 nitrogen and oxygen atoms in total. The molecule has 1 atom stereocenters. The third kappa shape index (κ3) is 4.00. The van der Waals surface area contributed by atoms with E-state index in [0.717, 1.165) is 22.3 Å². The van der Waals surface area contributed by atoms with Gasteiger partial charge in [0.2, 0.25) is 0 Å². The molecule has 0 bridgehead atoms. The molecule has 0 aliphatic heterocycles. The molecule has 0 radical (unpaired) electrons. The second-order valence-corrected chi connectivity index (χ2v) is 6.60. The van der Waals surface area contributed by atoms with Crippen LogP contribution in [0.5, 0.6) is 5.75 Å². The van der Waals surface area contributed by atoms with Gasteiger partial charge in [-0.25, -0.2) is 9.78 Å². The van der Waals surface area contributed by atoms with Gasteiger partial charge in [0.1, 0.15) is 6.10 Å². The first kappa shape index (κ1) is 19.5. The third-order valence-electron chi connectivity index (χ3n) is 4.36. The fraction of sp³-hybridized carbons (Fsp3) is 0.0909. The monoisotopic (exact) mass is 394 g/mol. The molecule has 0 amide bonds. The van der Waals surface area contributed by atoms with Crippen LogP contribution >= 0.6 is 11.6 Å². The summed E-state index contributed by atoms with van der Waals surface area (Å²) >= 11 is 6.35. The normalized spacial score (nSPS) is 11.6. The van der Waals surface area contributed by atoms with E-state index in [9.17, 15) is 4.79 Å². The van der Waals surface area contributed by atoms with Gasteiger partial charge in [0.05, 0.1) is 5.56 Å². The van der Waals surface area contributed by atoms with E-state index < -0.39 is 5.97 Å². The third-order valence-corrected chi connectivity index (χ3v) is 4.69. The number of nitrogen functional groups attached to an aromatic ring is 1. The number of rotatable bonds is 6. The zero-order valence-corrected chi connectivity index (χ0v) is 16.0. The van der Waals surface area contributed by atoms with Crippen molar-refractivity contribution < 1.29 is 14.6 Å². The number of nitrogens with two attached hydrogens (primary N) is 1. The Morgan fingerprint density at radius 1 is 1.25 bits per heavy atom. The van der Waals surface area contributed by atoms with Gasteiger partial charge in [-0.15, -0.1) is 0 Å². The zero-order valence-electron chi connectivity index (χ0n) is 15.2. The second-order valence-electron chi connectivity index (χ2n) is 6.20. The number of ether oxygens (including phenoxy) is 1. The van der Waals surface area contributed by atoms with Gasteiger partial charge in [-0.05, 0) is 42.3 Å². The van der Waals surface area contributed by atoms with E-state index in [1.165, 1.54) is 12.1 Å². The number of carboxylic acids is 1. The van der Waals surface area contributed by atoms with Crippen molar-refractivity contribution in [2.45, 2.75) is 13.0 Å². The van der Waals surface area contributed by atoms with Crippen molar-refractivity contribution in [3.05, 3.63) is 83.0 Å². The number of halogens is 1. The fourth-order valence-electron chi connectivity index (χ4n) is 2.92. The molecule has 0 aliphatic rings. The van der Waals surface area contributed by atoms with Crippen molar-refractivity contribution in [2.24, 2.45) is 0 Å². The lowest BCUT2D eigenvalue weighted by molar-refractivity contribution is 0.0697. The molecule has 0 fully saturated rings. The Balaban J connectivity index is 1.92. The molecule has 1 aromatic heterocycles. The summed E-state index contributed by atoms with van der Waals surface area (Å²) in [5.74, 6) is -0.301. The molecule has 3 rings (SSSR count). The number of nitrogens with zero attached hydrogens (tertiary/aromatic N) is 1. The molecule has 0 aliphatic carbocycles. The number of anilines is 1.